The van der Waals surface area contributed by atoms with Gasteiger partial charge in [0.25, 0.3) is 6.71 Å². The number of anilines is 6. The molecule has 0 radical (unpaired) electrons. The van der Waals surface area contributed by atoms with Gasteiger partial charge in [-0.25, -0.2) is 0 Å². The molecule has 4 heterocycles. The van der Waals surface area contributed by atoms with Crippen molar-refractivity contribution < 1.29 is 0 Å². The van der Waals surface area contributed by atoms with Crippen LogP contribution in [0.4, 0.5) is 34.1 Å². The van der Waals surface area contributed by atoms with Crippen LogP contribution < -0.4 is 26.2 Å². The summed E-state index contributed by atoms with van der Waals surface area (Å²) < 4.78 is 5.28. The lowest BCUT2D eigenvalue weighted by Gasteiger charge is -2.46. The van der Waals surface area contributed by atoms with Crippen LogP contribution >= 0.6 is 0 Å². The molecular weight excluding hydrogens is 1580 g/mol. The SMILES string of the molecule is CC(C)(C)c1cc2c3c(c1)N(c1c(-c4ccccc4)cc(-c4cccc5ccccc45)cc1-c1ccccc1)c1cc(-n4c5ccc(C(C)(C)C)cc5c5c6ccccc6c6ccccc6c54)ccc1B3c1ccc(-n3c4ccc(C(C)(C)C)cc4c4c5ccccc5c5ccccc5c43)cc1N2c1c(-c2ccccc2)cc(-c2cccc3ccccc23)cc1-c1ccccc1. The van der Waals surface area contributed by atoms with Gasteiger partial charge in [-0.2, -0.15) is 0 Å². The average molecular weight is 1680 g/mol. The van der Waals surface area contributed by atoms with Crippen LogP contribution in [-0.4, -0.2) is 15.8 Å². The van der Waals surface area contributed by atoms with Crippen LogP contribution in [0.3, 0.4) is 0 Å². The summed E-state index contributed by atoms with van der Waals surface area (Å²) in [5.74, 6) is 0. The molecule has 0 spiro atoms. The second-order valence-corrected chi connectivity index (χ2v) is 39.4. The lowest BCUT2D eigenvalue weighted by Crippen LogP contribution is -2.61. The van der Waals surface area contributed by atoms with Crippen LogP contribution in [0, 0.1) is 0 Å². The first kappa shape index (κ1) is 77.8. The van der Waals surface area contributed by atoms with Crippen molar-refractivity contribution in [3.8, 4) is 78.1 Å². The maximum absolute atomic E-state index is 2.77. The highest BCUT2D eigenvalue weighted by molar-refractivity contribution is 7.00. The minimum Gasteiger partial charge on any atom is -0.310 e. The Balaban J connectivity index is 0.873. The zero-order valence-electron chi connectivity index (χ0n) is 75.1. The van der Waals surface area contributed by atoms with Crippen LogP contribution in [0.2, 0.25) is 0 Å². The van der Waals surface area contributed by atoms with Gasteiger partial charge in [-0.05, 0) is 233 Å². The third-order valence-corrected chi connectivity index (χ3v) is 28.6. The van der Waals surface area contributed by atoms with Crippen molar-refractivity contribution in [1.29, 1.82) is 0 Å². The third-order valence-electron chi connectivity index (χ3n) is 28.6. The first-order chi connectivity index (χ1) is 63.9. The molecule has 2 aromatic heterocycles. The van der Waals surface area contributed by atoms with Crippen LogP contribution in [0.25, 0.3) is 186 Å². The molecule has 4 nitrogen and oxygen atoms in total. The van der Waals surface area contributed by atoms with Crippen LogP contribution in [0.1, 0.15) is 79.0 Å². The van der Waals surface area contributed by atoms with Crippen LogP contribution in [0.5, 0.6) is 0 Å². The van der Waals surface area contributed by atoms with Crippen molar-refractivity contribution in [2.75, 3.05) is 9.80 Å². The first-order valence-corrected chi connectivity index (χ1v) is 46.3. The highest BCUT2D eigenvalue weighted by Gasteiger charge is 2.47. The molecule has 0 N–H and O–H groups in total. The van der Waals surface area contributed by atoms with E-state index in [1.54, 1.807) is 0 Å². The van der Waals surface area contributed by atoms with Gasteiger partial charge < -0.3 is 18.9 Å². The minimum atomic E-state index is -0.425. The second-order valence-electron chi connectivity index (χ2n) is 39.4. The van der Waals surface area contributed by atoms with Gasteiger partial charge in [0.05, 0.1) is 33.4 Å². The predicted molar refractivity (Wildman–Crippen MR) is 563 cm³/mol. The zero-order chi connectivity index (χ0) is 88.0. The molecule has 2 aliphatic rings. The third kappa shape index (κ3) is 12.2. The molecule has 23 aromatic rings. The summed E-state index contributed by atoms with van der Waals surface area (Å²) in [6.07, 6.45) is 0. The predicted octanol–water partition coefficient (Wildman–Crippen LogP) is 32.8. The fourth-order valence-corrected chi connectivity index (χ4v) is 22.4. The molecule has 0 saturated carbocycles. The molecule has 0 saturated heterocycles. The molecule has 5 heteroatoms. The number of nitrogens with zero attached hydrogens (tertiary/aromatic N) is 4. The number of rotatable bonds is 10. The van der Waals surface area contributed by atoms with Crippen molar-refractivity contribution in [3.63, 3.8) is 0 Å². The van der Waals surface area contributed by atoms with Crippen molar-refractivity contribution in [1.82, 2.24) is 9.13 Å². The Bertz CT molecular complexity index is 8080. The fourth-order valence-electron chi connectivity index (χ4n) is 22.4. The number of hydrogen-bond acceptors (Lipinski definition) is 2. The van der Waals surface area contributed by atoms with Gasteiger partial charge in [-0.15, -0.1) is 0 Å². The van der Waals surface area contributed by atoms with Gasteiger partial charge in [0.2, 0.25) is 0 Å². The summed E-state index contributed by atoms with van der Waals surface area (Å²) in [6, 6.07) is 158. The van der Waals surface area contributed by atoms with Crippen molar-refractivity contribution in [3.05, 3.63) is 429 Å². The Morgan fingerprint density at radius 3 is 0.863 bits per heavy atom. The van der Waals surface area contributed by atoms with Gasteiger partial charge in [0.1, 0.15) is 0 Å². The average Bonchev–Trinajstić information content (AvgIpc) is 0.990. The second kappa shape index (κ2) is 29.5. The lowest BCUT2D eigenvalue weighted by atomic mass is 9.33. The molecule has 0 fully saturated rings. The molecule has 0 amide bonds. The molecule has 0 aliphatic carbocycles. The maximum Gasteiger partial charge on any atom is 0.252 e. The first-order valence-electron chi connectivity index (χ1n) is 46.3. The highest BCUT2D eigenvalue weighted by atomic mass is 15.2. The molecule has 2 aliphatic heterocycles. The number of hydrogen-bond donors (Lipinski definition) is 0. The summed E-state index contributed by atoms with van der Waals surface area (Å²) in [7, 11) is 0. The summed E-state index contributed by atoms with van der Waals surface area (Å²) in [5, 5.41) is 19.7. The molecule has 622 valence electrons. The molecule has 0 unspecified atom stereocenters. The van der Waals surface area contributed by atoms with E-state index in [1.807, 2.05) is 0 Å². The molecule has 21 aromatic carbocycles. The maximum atomic E-state index is 2.77. The summed E-state index contributed by atoms with van der Waals surface area (Å²) in [5.41, 5.74) is 33.7. The smallest absolute Gasteiger partial charge is 0.252 e. The van der Waals surface area contributed by atoms with Gasteiger partial charge in [-0.3, -0.25) is 0 Å². The lowest BCUT2D eigenvalue weighted by molar-refractivity contribution is 0.590. The quantitative estimate of drug-likeness (QED) is 0.100. The minimum absolute atomic E-state index is 0.126. The van der Waals surface area contributed by atoms with E-state index < -0.39 is 5.41 Å². The Morgan fingerprint density at radius 1 is 0.206 bits per heavy atom. The Labute approximate surface area is 764 Å². The van der Waals surface area contributed by atoms with E-state index in [4.69, 9.17) is 0 Å². The van der Waals surface area contributed by atoms with Crippen molar-refractivity contribution in [2.45, 2.75) is 78.6 Å². The fraction of sp³-hybridized carbons (Fsp3) is 0.0952. The van der Waals surface area contributed by atoms with Crippen molar-refractivity contribution >= 4 is 165 Å². The molecule has 0 bridgehead atoms. The summed E-state index contributed by atoms with van der Waals surface area (Å²) in [4.78, 5) is 5.55. The monoisotopic (exact) mass is 1670 g/mol. The van der Waals surface area contributed by atoms with Gasteiger partial charge in [0, 0.05) is 88.7 Å². The summed E-state index contributed by atoms with van der Waals surface area (Å²) in [6.45, 7) is 21.0. The largest absolute Gasteiger partial charge is 0.310 e. The van der Waals surface area contributed by atoms with Gasteiger partial charge >= 0.3 is 0 Å². The number of benzene rings is 21. The topological polar surface area (TPSA) is 16.3 Å². The summed E-state index contributed by atoms with van der Waals surface area (Å²) >= 11 is 0. The van der Waals surface area contributed by atoms with Gasteiger partial charge in [0.15, 0.2) is 0 Å². The van der Waals surface area contributed by atoms with E-state index in [0.29, 0.717) is 0 Å². The van der Waals surface area contributed by atoms with Crippen LogP contribution in [0.15, 0.2) is 413 Å². The standard InChI is InChI=1S/C126H95BN4/c1-124(2,3)86-60-66-111-107(72-86)117-99-54-30-26-50-95(99)97-52-28-32-56-101(97)122(117)128(111)89-62-64-109-113(76-89)130(120-103(80-36-14-10-15-37-80)68-84(69-104(120)81-38-16-11-17-39-81)93-58-34-46-78-44-22-24-48-91(78)93)115-74-88(126(7,8)9)75-116-119(115)127(109)110-65-63-90(129-112-67-61-87(125(4,5)6)73-108(112)118-100-55-31-27-51-96(100)98-53-29-33-57-102(98)123(118)129)77-114(110)131(116)121-105(82-40-18-12-19-41-82)70-85(71-106(121)83-42-20-13-21-43-83)94-59-35-47-79-45-23-25-49-92(79)94/h10-77H,1-9H3. The van der Waals surface area contributed by atoms with E-state index in [9.17, 15) is 0 Å². The van der Waals surface area contributed by atoms with Crippen molar-refractivity contribution in [2.24, 2.45) is 0 Å². The Hall–Kier alpha value is -15.6. The van der Waals surface area contributed by atoms with E-state index in [2.05, 4.69) is 494 Å². The van der Waals surface area contributed by atoms with E-state index in [-0.39, 0.29) is 17.5 Å². The number of fused-ring (bicyclic) bond motifs is 22. The van der Waals surface area contributed by atoms with Gasteiger partial charge in [-0.1, -0.05) is 390 Å². The normalized spacial score (nSPS) is 12.9. The molecule has 25 rings (SSSR count). The van der Waals surface area contributed by atoms with E-state index in [1.165, 1.54) is 141 Å². The zero-order valence-corrected chi connectivity index (χ0v) is 75.1. The Kier molecular flexibility index (Phi) is 17.5. The Morgan fingerprint density at radius 2 is 0.511 bits per heavy atom. The molecule has 131 heavy (non-hydrogen) atoms. The highest BCUT2D eigenvalue weighted by Crippen LogP contribution is 2.58. The molecular formula is C126H95BN4. The van der Waals surface area contributed by atoms with E-state index in [0.717, 1.165) is 112 Å². The van der Waals surface area contributed by atoms with E-state index >= 15 is 0 Å². The number of aromatic nitrogens is 2. The molecule has 0 atom stereocenters. The van der Waals surface area contributed by atoms with Crippen LogP contribution in [-0.2, 0) is 16.2 Å².